The van der Waals surface area contributed by atoms with Crippen molar-refractivity contribution in [2.45, 2.75) is 23.5 Å². The Morgan fingerprint density at radius 2 is 1.88 bits per heavy atom. The smallest absolute Gasteiger partial charge is 0.233 e. The van der Waals surface area contributed by atoms with E-state index in [0.717, 1.165) is 16.3 Å². The van der Waals surface area contributed by atoms with Crippen LogP contribution in [0.1, 0.15) is 12.6 Å². The summed E-state index contributed by atoms with van der Waals surface area (Å²) in [6, 6.07) is 19.4. The van der Waals surface area contributed by atoms with Crippen LogP contribution in [0.25, 0.3) is 5.69 Å². The molecule has 1 atom stereocenters. The molecule has 134 valence electrons. The van der Waals surface area contributed by atoms with E-state index in [1.807, 2.05) is 78.5 Å². The number of carbonyl (C=O) groups is 1. The number of nitrogens with one attached hydrogen (secondary N) is 1. The molecular formula is C20H20ClN3OS. The van der Waals surface area contributed by atoms with Gasteiger partial charge >= 0.3 is 0 Å². The Balaban J connectivity index is 1.46. The van der Waals surface area contributed by atoms with Gasteiger partial charge in [-0.25, -0.2) is 4.68 Å². The molecule has 0 aliphatic carbocycles. The van der Waals surface area contributed by atoms with E-state index in [-0.39, 0.29) is 11.2 Å². The lowest BCUT2D eigenvalue weighted by molar-refractivity contribution is -0.120. The topological polar surface area (TPSA) is 46.9 Å². The molecule has 0 fully saturated rings. The van der Waals surface area contributed by atoms with Crippen LogP contribution in [0.5, 0.6) is 0 Å². The molecule has 0 aliphatic rings. The lowest BCUT2D eigenvalue weighted by Gasteiger charge is -2.11. The number of para-hydroxylation sites is 1. The largest absolute Gasteiger partial charge is 0.355 e. The molecule has 0 spiro atoms. The van der Waals surface area contributed by atoms with Crippen molar-refractivity contribution in [3.63, 3.8) is 0 Å². The minimum absolute atomic E-state index is 0.0208. The molecule has 1 amide bonds. The van der Waals surface area contributed by atoms with Crippen molar-refractivity contribution in [1.29, 1.82) is 0 Å². The first-order valence-electron chi connectivity index (χ1n) is 8.42. The summed E-state index contributed by atoms with van der Waals surface area (Å²) in [5.74, 6) is 0.0208. The van der Waals surface area contributed by atoms with Crippen LogP contribution in [0.15, 0.2) is 71.8 Å². The van der Waals surface area contributed by atoms with E-state index in [1.165, 1.54) is 11.8 Å². The van der Waals surface area contributed by atoms with Crippen LogP contribution in [0.4, 0.5) is 0 Å². The zero-order chi connectivity index (χ0) is 18.4. The van der Waals surface area contributed by atoms with Crippen molar-refractivity contribution in [2.24, 2.45) is 0 Å². The first kappa shape index (κ1) is 18.5. The maximum absolute atomic E-state index is 12.2. The fraction of sp³-hybridized carbons (Fsp3) is 0.200. The van der Waals surface area contributed by atoms with E-state index in [4.69, 9.17) is 11.6 Å². The fourth-order valence-electron chi connectivity index (χ4n) is 2.45. The standard InChI is InChI=1S/C20H20ClN3OS/c1-15(26-19-9-7-16(21)8-10-19)20(25)22-13-11-17-12-14-24(23-17)18-5-3-2-4-6-18/h2-10,12,14-15H,11,13H2,1H3,(H,22,25). The molecule has 1 N–H and O–H groups in total. The summed E-state index contributed by atoms with van der Waals surface area (Å²) in [5.41, 5.74) is 1.97. The second kappa shape index (κ2) is 8.92. The molecule has 3 rings (SSSR count). The number of benzene rings is 2. The predicted molar refractivity (Wildman–Crippen MR) is 107 cm³/mol. The normalized spacial score (nSPS) is 11.9. The van der Waals surface area contributed by atoms with Gasteiger partial charge in [0, 0.05) is 29.1 Å². The van der Waals surface area contributed by atoms with Crippen molar-refractivity contribution in [1.82, 2.24) is 15.1 Å². The number of amides is 1. The molecule has 1 aromatic heterocycles. The molecule has 0 saturated heterocycles. The van der Waals surface area contributed by atoms with Crippen molar-refractivity contribution < 1.29 is 4.79 Å². The minimum atomic E-state index is -0.168. The monoisotopic (exact) mass is 385 g/mol. The average molecular weight is 386 g/mol. The molecule has 0 bridgehead atoms. The van der Waals surface area contributed by atoms with Crippen LogP contribution in [0, 0.1) is 0 Å². The zero-order valence-corrected chi connectivity index (χ0v) is 16.0. The summed E-state index contributed by atoms with van der Waals surface area (Å²) in [7, 11) is 0. The van der Waals surface area contributed by atoms with Gasteiger partial charge in [0.2, 0.25) is 5.91 Å². The van der Waals surface area contributed by atoms with Gasteiger partial charge < -0.3 is 5.32 Å². The van der Waals surface area contributed by atoms with Crippen LogP contribution in [-0.2, 0) is 11.2 Å². The lowest BCUT2D eigenvalue weighted by Crippen LogP contribution is -2.32. The van der Waals surface area contributed by atoms with E-state index < -0.39 is 0 Å². The Morgan fingerprint density at radius 1 is 1.15 bits per heavy atom. The van der Waals surface area contributed by atoms with Gasteiger partial charge in [-0.2, -0.15) is 5.10 Å². The lowest BCUT2D eigenvalue weighted by atomic mass is 10.3. The molecule has 3 aromatic rings. The number of halogens is 1. The summed E-state index contributed by atoms with van der Waals surface area (Å²) < 4.78 is 1.84. The Hall–Kier alpha value is -2.24. The summed E-state index contributed by atoms with van der Waals surface area (Å²) in [4.78, 5) is 13.3. The highest BCUT2D eigenvalue weighted by atomic mass is 35.5. The van der Waals surface area contributed by atoms with Crippen molar-refractivity contribution >= 4 is 29.3 Å². The maximum atomic E-state index is 12.2. The van der Waals surface area contributed by atoms with Gasteiger partial charge in [-0.15, -0.1) is 11.8 Å². The fourth-order valence-corrected chi connectivity index (χ4v) is 3.47. The SMILES string of the molecule is CC(Sc1ccc(Cl)cc1)C(=O)NCCc1ccn(-c2ccccc2)n1. The Bertz CT molecular complexity index is 849. The number of aromatic nitrogens is 2. The van der Waals surface area contributed by atoms with Gasteiger partial charge in [0.15, 0.2) is 0 Å². The van der Waals surface area contributed by atoms with E-state index in [2.05, 4.69) is 10.4 Å². The summed E-state index contributed by atoms with van der Waals surface area (Å²) in [5, 5.41) is 8.05. The average Bonchev–Trinajstić information content (AvgIpc) is 3.13. The molecule has 6 heteroatoms. The highest BCUT2D eigenvalue weighted by molar-refractivity contribution is 8.00. The second-order valence-corrected chi connectivity index (χ2v) is 7.69. The van der Waals surface area contributed by atoms with Gasteiger partial charge in [-0.3, -0.25) is 4.79 Å². The summed E-state index contributed by atoms with van der Waals surface area (Å²) in [6.45, 7) is 2.47. The Kier molecular flexibility index (Phi) is 6.36. The quantitative estimate of drug-likeness (QED) is 0.614. The van der Waals surface area contributed by atoms with Gasteiger partial charge in [0.05, 0.1) is 16.6 Å². The van der Waals surface area contributed by atoms with Crippen molar-refractivity contribution in [3.05, 3.63) is 77.6 Å². The molecule has 2 aromatic carbocycles. The number of hydrogen-bond acceptors (Lipinski definition) is 3. The third-order valence-electron chi connectivity index (χ3n) is 3.84. The zero-order valence-electron chi connectivity index (χ0n) is 14.4. The highest BCUT2D eigenvalue weighted by Crippen LogP contribution is 2.24. The highest BCUT2D eigenvalue weighted by Gasteiger charge is 2.14. The molecule has 1 heterocycles. The molecule has 1 unspecified atom stereocenters. The van der Waals surface area contributed by atoms with Gasteiger partial charge in [-0.1, -0.05) is 29.8 Å². The number of hydrogen-bond donors (Lipinski definition) is 1. The molecule has 0 aliphatic heterocycles. The molecule has 26 heavy (non-hydrogen) atoms. The number of rotatable bonds is 7. The molecule has 4 nitrogen and oxygen atoms in total. The Morgan fingerprint density at radius 3 is 2.62 bits per heavy atom. The molecule has 0 radical (unpaired) electrons. The molecule has 0 saturated carbocycles. The minimum Gasteiger partial charge on any atom is -0.355 e. The van der Waals surface area contributed by atoms with Crippen LogP contribution in [0.2, 0.25) is 5.02 Å². The second-order valence-electron chi connectivity index (χ2n) is 5.84. The predicted octanol–water partition coefficient (Wildman–Crippen LogP) is 4.37. The number of nitrogens with zero attached hydrogens (tertiary/aromatic N) is 2. The molecular weight excluding hydrogens is 366 g/mol. The summed E-state index contributed by atoms with van der Waals surface area (Å²) >= 11 is 7.40. The maximum Gasteiger partial charge on any atom is 0.233 e. The van der Waals surface area contributed by atoms with Gasteiger partial charge in [0.25, 0.3) is 0 Å². The Labute approximate surface area is 162 Å². The summed E-state index contributed by atoms with van der Waals surface area (Å²) in [6.07, 6.45) is 2.63. The van der Waals surface area contributed by atoms with Gasteiger partial charge in [-0.05, 0) is 49.4 Å². The third-order valence-corrected chi connectivity index (χ3v) is 5.21. The van der Waals surface area contributed by atoms with E-state index in [1.54, 1.807) is 0 Å². The first-order chi connectivity index (χ1) is 12.6. The number of carbonyl (C=O) groups excluding carboxylic acids is 1. The van der Waals surface area contributed by atoms with Crippen LogP contribution in [0.3, 0.4) is 0 Å². The van der Waals surface area contributed by atoms with Gasteiger partial charge in [0.1, 0.15) is 0 Å². The van der Waals surface area contributed by atoms with Crippen molar-refractivity contribution in [3.8, 4) is 5.69 Å². The van der Waals surface area contributed by atoms with E-state index in [0.29, 0.717) is 18.0 Å². The van der Waals surface area contributed by atoms with Crippen LogP contribution >= 0.6 is 23.4 Å². The van der Waals surface area contributed by atoms with Crippen LogP contribution in [-0.4, -0.2) is 27.5 Å². The number of thioether (sulfide) groups is 1. The first-order valence-corrected chi connectivity index (χ1v) is 9.67. The van der Waals surface area contributed by atoms with Crippen molar-refractivity contribution in [2.75, 3.05) is 6.54 Å². The van der Waals surface area contributed by atoms with E-state index >= 15 is 0 Å². The third kappa shape index (κ3) is 5.13. The van der Waals surface area contributed by atoms with E-state index in [9.17, 15) is 4.79 Å². The van der Waals surface area contributed by atoms with Crippen LogP contribution < -0.4 is 5.32 Å².